The van der Waals surface area contributed by atoms with Crippen LogP contribution >= 0.6 is 0 Å². The Balaban J connectivity index is 0.00000867. The average molecular weight is 1380 g/mol. The van der Waals surface area contributed by atoms with Gasteiger partial charge in [0.1, 0.15) is 11.6 Å². The van der Waals surface area contributed by atoms with Gasteiger partial charge in [0.15, 0.2) is 0 Å². The van der Waals surface area contributed by atoms with Crippen LogP contribution in [0.15, 0.2) is 225 Å². The summed E-state index contributed by atoms with van der Waals surface area (Å²) >= 11 is 0. The SMILES string of the molecule is CC(C)c1cc(-c2ccccc2)cc(C(C)C)c1-n1cc([C@](C)(c2[c-]cccc2)c2nccn2-c2c(C(C)C)cc(-c3ccccc3)cc2C(C)C)nc1-c1[c-]c(C(C)(c2[c-]cccc2)c2nccn2-c2c(C(C)C)cc(-c3ccccc3)cc2C(C)C)ccc1.[Ir+3]. The molecule has 0 saturated heterocycles. The van der Waals surface area contributed by atoms with Gasteiger partial charge < -0.3 is 13.7 Å². The number of aromatic nitrogens is 6. The van der Waals surface area contributed by atoms with E-state index in [1.54, 1.807) is 0 Å². The van der Waals surface area contributed by atoms with Crippen LogP contribution in [0.5, 0.6) is 0 Å². The minimum atomic E-state index is -0.959. The van der Waals surface area contributed by atoms with Crippen molar-refractivity contribution in [2.45, 2.75) is 143 Å². The van der Waals surface area contributed by atoms with Crippen molar-refractivity contribution >= 4 is 0 Å². The van der Waals surface area contributed by atoms with E-state index in [0.29, 0.717) is 0 Å². The molecule has 0 spiro atoms. The van der Waals surface area contributed by atoms with E-state index >= 15 is 0 Å². The first-order valence-corrected chi connectivity index (χ1v) is 32.7. The van der Waals surface area contributed by atoms with E-state index in [0.717, 1.165) is 56.8 Å². The Morgan fingerprint density at radius 2 is 0.696 bits per heavy atom. The Kier molecular flexibility index (Phi) is 18.9. The Morgan fingerprint density at radius 1 is 0.359 bits per heavy atom. The second-order valence-electron chi connectivity index (χ2n) is 26.9. The summed E-state index contributed by atoms with van der Waals surface area (Å²) in [6.07, 6.45) is 10.6. The molecule has 92 heavy (non-hydrogen) atoms. The Morgan fingerprint density at radius 3 is 1.05 bits per heavy atom. The number of hydrogen-bond donors (Lipinski definition) is 0. The second kappa shape index (κ2) is 26.8. The van der Waals surface area contributed by atoms with E-state index in [1.807, 2.05) is 30.6 Å². The monoisotopic (exact) mass is 1380 g/mol. The molecule has 12 aromatic rings. The van der Waals surface area contributed by atoms with Crippen molar-refractivity contribution in [2.75, 3.05) is 0 Å². The molecular formula is C85H85IrN6. The molecule has 12 rings (SSSR count). The predicted octanol–water partition coefficient (Wildman–Crippen LogP) is 21.8. The van der Waals surface area contributed by atoms with Gasteiger partial charge in [-0.25, -0.2) is 9.97 Å². The minimum Gasteiger partial charge on any atom is -0.339 e. The van der Waals surface area contributed by atoms with Gasteiger partial charge in [0.05, 0.1) is 28.3 Å². The zero-order chi connectivity index (χ0) is 63.9. The third kappa shape index (κ3) is 12.0. The summed E-state index contributed by atoms with van der Waals surface area (Å²) in [4.78, 5) is 17.0. The summed E-state index contributed by atoms with van der Waals surface area (Å²) in [7, 11) is 0. The summed E-state index contributed by atoms with van der Waals surface area (Å²) in [6, 6.07) is 81.8. The van der Waals surface area contributed by atoms with Crippen molar-refractivity contribution in [3.63, 3.8) is 0 Å². The number of hydrogen-bond acceptors (Lipinski definition) is 3. The van der Waals surface area contributed by atoms with Gasteiger partial charge in [-0.3, -0.25) is 4.98 Å². The molecule has 0 radical (unpaired) electrons. The fraction of sp³-hybridized carbons (Fsp3) is 0.259. The fourth-order valence-electron chi connectivity index (χ4n) is 13.7. The molecule has 0 aliphatic rings. The first-order valence-electron chi connectivity index (χ1n) is 32.7. The summed E-state index contributed by atoms with van der Waals surface area (Å²) in [5, 5.41) is 0. The van der Waals surface area contributed by atoms with Crippen LogP contribution in [0.4, 0.5) is 0 Å². The molecule has 464 valence electrons. The molecule has 0 aliphatic carbocycles. The molecular weight excluding hydrogens is 1300 g/mol. The first-order chi connectivity index (χ1) is 43.9. The molecule has 1 unspecified atom stereocenters. The Labute approximate surface area is 560 Å². The molecule has 0 N–H and O–H groups in total. The van der Waals surface area contributed by atoms with Crippen LogP contribution in [0.3, 0.4) is 0 Å². The first kappa shape index (κ1) is 64.8. The van der Waals surface area contributed by atoms with Crippen LogP contribution in [-0.2, 0) is 30.9 Å². The van der Waals surface area contributed by atoms with E-state index in [2.05, 4.69) is 323 Å². The molecule has 6 nitrogen and oxygen atoms in total. The maximum absolute atomic E-state index is 6.10. The summed E-state index contributed by atoms with van der Waals surface area (Å²) in [5.41, 5.74) is 20.9. The van der Waals surface area contributed by atoms with Crippen molar-refractivity contribution in [3.8, 4) is 61.8 Å². The number of imidazole rings is 3. The van der Waals surface area contributed by atoms with E-state index < -0.39 is 10.8 Å². The van der Waals surface area contributed by atoms with Gasteiger partial charge in [0.2, 0.25) is 0 Å². The third-order valence-electron chi connectivity index (χ3n) is 18.7. The van der Waals surface area contributed by atoms with Crippen LogP contribution < -0.4 is 0 Å². The van der Waals surface area contributed by atoms with Gasteiger partial charge in [-0.1, -0.05) is 174 Å². The minimum absolute atomic E-state index is 0. The van der Waals surface area contributed by atoms with Gasteiger partial charge in [0.25, 0.3) is 0 Å². The van der Waals surface area contributed by atoms with Crippen molar-refractivity contribution in [1.29, 1.82) is 0 Å². The molecule has 0 fully saturated rings. The number of benzene rings is 9. The van der Waals surface area contributed by atoms with E-state index in [-0.39, 0.29) is 55.6 Å². The molecule has 2 atom stereocenters. The third-order valence-corrected chi connectivity index (χ3v) is 18.7. The standard InChI is InChI=1S/C85H85N6.Ir/c1-55(2)71-48-65(61-31-20-15-21-32-61)49-72(56(3)4)78(71)89-45-43-86-82(89)84(13,68-38-26-18-27-39-68)70-42-30-37-64(47-70)81-88-77(54-91(81)80-75(59(9)10)52-67(53-76(80)60(11)12)63-35-24-17-25-36-63)85(14,69-40-28-19-29-41-69)83-87-44-46-90(83)79-73(57(5)6)50-66(51-74(79)58(7)8)62-33-22-16-23-34-62;/h15-38,40,42-46,48-60H,1-14H3;/q-3;+3/t84?,85-;/m0./s1. The van der Waals surface area contributed by atoms with Crippen molar-refractivity contribution in [1.82, 2.24) is 28.7 Å². The van der Waals surface area contributed by atoms with Crippen LogP contribution in [0.25, 0.3) is 61.8 Å². The molecule has 0 amide bonds. The van der Waals surface area contributed by atoms with E-state index in [9.17, 15) is 0 Å². The number of nitrogens with zero attached hydrogens (tertiary/aromatic N) is 6. The zero-order valence-corrected chi connectivity index (χ0v) is 58.2. The molecule has 3 heterocycles. The van der Waals surface area contributed by atoms with Gasteiger partial charge >= 0.3 is 20.1 Å². The smallest absolute Gasteiger partial charge is 0.339 e. The molecule has 0 saturated carbocycles. The molecule has 9 aromatic carbocycles. The zero-order valence-electron chi connectivity index (χ0n) is 55.8. The van der Waals surface area contributed by atoms with Crippen molar-refractivity contribution < 1.29 is 20.1 Å². The van der Waals surface area contributed by atoms with Gasteiger partial charge in [-0.2, -0.15) is 60.7 Å². The Hall–Kier alpha value is -8.74. The second-order valence-corrected chi connectivity index (χ2v) is 26.9. The largest absolute Gasteiger partial charge is 3.00 e. The molecule has 7 heteroatoms. The van der Waals surface area contributed by atoms with Crippen LogP contribution in [-0.4, -0.2) is 28.7 Å². The van der Waals surface area contributed by atoms with Crippen LogP contribution in [0, 0.1) is 18.2 Å². The summed E-state index contributed by atoms with van der Waals surface area (Å²) < 4.78 is 7.14. The predicted molar refractivity (Wildman–Crippen MR) is 377 cm³/mol. The topological polar surface area (TPSA) is 53.5 Å². The fourth-order valence-corrected chi connectivity index (χ4v) is 13.7. The van der Waals surface area contributed by atoms with Gasteiger partial charge in [0, 0.05) is 42.1 Å². The quantitative estimate of drug-likeness (QED) is 0.0758. The summed E-state index contributed by atoms with van der Waals surface area (Å²) in [5.74, 6) is 3.61. The molecule has 3 aromatic heterocycles. The van der Waals surface area contributed by atoms with Crippen molar-refractivity contribution in [2.24, 2.45) is 0 Å². The Bertz CT molecular complexity index is 4410. The maximum atomic E-state index is 6.10. The molecule has 0 aliphatic heterocycles. The normalized spacial score (nSPS) is 13.1. The number of rotatable bonds is 19. The van der Waals surface area contributed by atoms with E-state index in [4.69, 9.17) is 15.0 Å². The van der Waals surface area contributed by atoms with Crippen molar-refractivity contribution in [3.05, 3.63) is 311 Å². The van der Waals surface area contributed by atoms with E-state index in [1.165, 1.54) is 72.4 Å². The summed E-state index contributed by atoms with van der Waals surface area (Å²) in [6.45, 7) is 32.3. The van der Waals surface area contributed by atoms with Gasteiger partial charge in [-0.05, 0) is 153 Å². The van der Waals surface area contributed by atoms with Crippen LogP contribution in [0.1, 0.15) is 200 Å². The maximum Gasteiger partial charge on any atom is 3.00 e. The van der Waals surface area contributed by atoms with Crippen LogP contribution in [0.2, 0.25) is 0 Å². The van der Waals surface area contributed by atoms with Gasteiger partial charge in [-0.15, -0.1) is 46.5 Å². The average Bonchev–Trinajstić information content (AvgIpc) is 1.49. The molecule has 0 bridgehead atoms.